The number of hydrogen-bond acceptors (Lipinski definition) is 3. The lowest BCUT2D eigenvalue weighted by Gasteiger charge is -2.33. The van der Waals surface area contributed by atoms with E-state index in [9.17, 15) is 9.59 Å². The molecule has 1 saturated heterocycles. The van der Waals surface area contributed by atoms with Gasteiger partial charge in [0.05, 0.1) is 0 Å². The number of para-hydroxylation sites is 1. The fraction of sp³-hybridized carbons (Fsp3) is 0.360. The van der Waals surface area contributed by atoms with Crippen LogP contribution in [-0.2, 0) is 9.59 Å². The summed E-state index contributed by atoms with van der Waals surface area (Å²) in [6.45, 7) is 5.10. The molecule has 4 rings (SSSR count). The Kier molecular flexibility index (Phi) is 5.88. The van der Waals surface area contributed by atoms with E-state index in [1.165, 1.54) is 0 Å². The molecule has 30 heavy (non-hydrogen) atoms. The van der Waals surface area contributed by atoms with E-state index in [1.807, 2.05) is 79.4 Å². The first kappa shape index (κ1) is 20.2. The first-order chi connectivity index (χ1) is 14.5. The molecule has 0 bridgehead atoms. The molecule has 1 aliphatic rings. The average Bonchev–Trinajstić information content (AvgIpc) is 3.21. The summed E-state index contributed by atoms with van der Waals surface area (Å²) < 4.78 is 6.08. The Labute approximate surface area is 177 Å². The number of furan rings is 1. The number of piperidine rings is 1. The summed E-state index contributed by atoms with van der Waals surface area (Å²) in [6, 6.07) is 19.4. The second kappa shape index (κ2) is 8.74. The maximum atomic E-state index is 13.1. The number of nitrogens with one attached hydrogen (secondary N) is 1. The third-order valence-electron chi connectivity index (χ3n) is 5.82. The van der Waals surface area contributed by atoms with Gasteiger partial charge >= 0.3 is 0 Å². The summed E-state index contributed by atoms with van der Waals surface area (Å²) in [7, 11) is 0. The Morgan fingerprint density at radius 2 is 1.67 bits per heavy atom. The van der Waals surface area contributed by atoms with Gasteiger partial charge in [0, 0.05) is 30.3 Å². The number of carbonyl (C=O) groups is 2. The Balaban J connectivity index is 1.51. The fourth-order valence-electron chi connectivity index (χ4n) is 4.10. The van der Waals surface area contributed by atoms with Gasteiger partial charge in [0.1, 0.15) is 17.4 Å². The van der Waals surface area contributed by atoms with Crippen molar-refractivity contribution >= 4 is 22.8 Å². The van der Waals surface area contributed by atoms with Crippen LogP contribution in [-0.4, -0.2) is 29.8 Å². The van der Waals surface area contributed by atoms with Crippen molar-refractivity contribution < 1.29 is 14.0 Å². The largest absolute Gasteiger partial charge is 0.459 e. The van der Waals surface area contributed by atoms with Gasteiger partial charge in [0.25, 0.3) is 0 Å². The zero-order valence-corrected chi connectivity index (χ0v) is 17.5. The molecule has 1 N–H and O–H groups in total. The molecular weight excluding hydrogens is 376 g/mol. The number of amides is 2. The highest BCUT2D eigenvalue weighted by Gasteiger charge is 2.30. The van der Waals surface area contributed by atoms with Crippen LogP contribution >= 0.6 is 0 Å². The minimum Gasteiger partial charge on any atom is -0.459 e. The molecule has 1 aliphatic heterocycles. The van der Waals surface area contributed by atoms with Crippen LogP contribution in [0.4, 0.5) is 0 Å². The van der Waals surface area contributed by atoms with Crippen molar-refractivity contribution in [2.75, 3.05) is 13.1 Å². The second-order valence-electron chi connectivity index (χ2n) is 8.29. The molecule has 1 fully saturated rings. The second-order valence-corrected chi connectivity index (χ2v) is 8.29. The monoisotopic (exact) mass is 404 g/mol. The normalized spacial score (nSPS) is 16.0. The Hall–Kier alpha value is -3.08. The number of fused-ring (bicyclic) bond motifs is 1. The number of nitrogens with zero attached hydrogens (tertiary/aromatic N) is 1. The van der Waals surface area contributed by atoms with Crippen molar-refractivity contribution in [1.29, 1.82) is 0 Å². The van der Waals surface area contributed by atoms with Gasteiger partial charge in [0.15, 0.2) is 0 Å². The summed E-state index contributed by atoms with van der Waals surface area (Å²) in [5.41, 5.74) is 1.79. The van der Waals surface area contributed by atoms with Crippen LogP contribution in [0.3, 0.4) is 0 Å². The smallest absolute Gasteiger partial charge is 0.225 e. The molecule has 0 aliphatic carbocycles. The van der Waals surface area contributed by atoms with Crippen molar-refractivity contribution in [3.05, 3.63) is 72.0 Å². The van der Waals surface area contributed by atoms with Crippen molar-refractivity contribution in [2.24, 2.45) is 11.8 Å². The van der Waals surface area contributed by atoms with E-state index in [4.69, 9.17) is 4.42 Å². The molecule has 0 radical (unpaired) electrons. The minimum atomic E-state index is -0.346. The van der Waals surface area contributed by atoms with Gasteiger partial charge < -0.3 is 14.6 Å². The van der Waals surface area contributed by atoms with Gasteiger partial charge in [-0.1, -0.05) is 62.4 Å². The highest BCUT2D eigenvalue weighted by atomic mass is 16.3. The topological polar surface area (TPSA) is 62.6 Å². The van der Waals surface area contributed by atoms with Gasteiger partial charge in [-0.15, -0.1) is 0 Å². The van der Waals surface area contributed by atoms with Crippen LogP contribution in [0.5, 0.6) is 0 Å². The molecule has 156 valence electrons. The molecule has 0 unspecified atom stereocenters. The van der Waals surface area contributed by atoms with Gasteiger partial charge in [-0.2, -0.15) is 0 Å². The number of likely N-dealkylation sites (tertiary alicyclic amines) is 1. The van der Waals surface area contributed by atoms with Crippen molar-refractivity contribution in [1.82, 2.24) is 10.2 Å². The lowest BCUT2D eigenvalue weighted by molar-refractivity contribution is -0.138. The van der Waals surface area contributed by atoms with Crippen LogP contribution in [0.1, 0.15) is 44.1 Å². The summed E-state index contributed by atoms with van der Waals surface area (Å²) >= 11 is 0. The van der Waals surface area contributed by atoms with E-state index in [0.717, 1.165) is 22.3 Å². The molecule has 1 atom stereocenters. The zero-order valence-electron chi connectivity index (χ0n) is 17.5. The highest BCUT2D eigenvalue weighted by molar-refractivity contribution is 5.82. The third-order valence-corrected chi connectivity index (χ3v) is 5.82. The van der Waals surface area contributed by atoms with E-state index >= 15 is 0 Å². The van der Waals surface area contributed by atoms with E-state index in [-0.39, 0.29) is 29.7 Å². The standard InChI is InChI=1S/C25H28N2O3/c1-17(2)25(29)27-14-12-19(13-15-27)24(28)26-23(18-8-4-3-5-9-18)22-16-20-10-6-7-11-21(20)30-22/h3-11,16-17,19,23H,12-15H2,1-2H3,(H,26,28)/t23-/m1/s1. The molecule has 5 nitrogen and oxygen atoms in total. The average molecular weight is 405 g/mol. The third kappa shape index (κ3) is 4.25. The van der Waals surface area contributed by atoms with Crippen LogP contribution in [0.15, 0.2) is 65.1 Å². The number of carbonyl (C=O) groups excluding carboxylic acids is 2. The predicted octanol–water partition coefficient (Wildman–Crippen LogP) is 4.53. The quantitative estimate of drug-likeness (QED) is 0.679. The van der Waals surface area contributed by atoms with Crippen LogP contribution in [0, 0.1) is 11.8 Å². The van der Waals surface area contributed by atoms with E-state index in [1.54, 1.807) is 0 Å². The number of benzene rings is 2. The van der Waals surface area contributed by atoms with Gasteiger partial charge in [-0.3, -0.25) is 9.59 Å². The molecule has 5 heteroatoms. The summed E-state index contributed by atoms with van der Waals surface area (Å²) in [4.78, 5) is 27.2. The number of hydrogen-bond donors (Lipinski definition) is 1. The van der Waals surface area contributed by atoms with E-state index in [0.29, 0.717) is 25.9 Å². The first-order valence-corrected chi connectivity index (χ1v) is 10.7. The Morgan fingerprint density at radius 3 is 2.33 bits per heavy atom. The lowest BCUT2D eigenvalue weighted by Crippen LogP contribution is -2.45. The summed E-state index contributed by atoms with van der Waals surface area (Å²) in [6.07, 6.45) is 1.37. The summed E-state index contributed by atoms with van der Waals surface area (Å²) in [5.74, 6) is 0.796. The maximum absolute atomic E-state index is 13.1. The molecule has 2 aromatic carbocycles. The number of rotatable bonds is 5. The van der Waals surface area contributed by atoms with Crippen LogP contribution in [0.2, 0.25) is 0 Å². The van der Waals surface area contributed by atoms with Crippen LogP contribution in [0.25, 0.3) is 11.0 Å². The molecule has 1 aromatic heterocycles. The van der Waals surface area contributed by atoms with Crippen molar-refractivity contribution in [3.8, 4) is 0 Å². The SMILES string of the molecule is CC(C)C(=O)N1CCC(C(=O)N[C@H](c2ccccc2)c2cc3ccccc3o2)CC1. The predicted molar refractivity (Wildman–Crippen MR) is 117 cm³/mol. The van der Waals surface area contributed by atoms with E-state index < -0.39 is 0 Å². The fourth-order valence-corrected chi connectivity index (χ4v) is 4.10. The first-order valence-electron chi connectivity index (χ1n) is 10.7. The Bertz CT molecular complexity index is 984. The summed E-state index contributed by atoms with van der Waals surface area (Å²) in [5, 5.41) is 4.23. The Morgan fingerprint density at radius 1 is 1.00 bits per heavy atom. The minimum absolute atomic E-state index is 0.00841. The zero-order chi connectivity index (χ0) is 21.1. The van der Waals surface area contributed by atoms with E-state index in [2.05, 4.69) is 5.32 Å². The molecular formula is C25H28N2O3. The highest BCUT2D eigenvalue weighted by Crippen LogP contribution is 2.29. The van der Waals surface area contributed by atoms with Crippen LogP contribution < -0.4 is 5.32 Å². The molecule has 0 saturated carbocycles. The molecule has 3 aromatic rings. The van der Waals surface area contributed by atoms with Gasteiger partial charge in [-0.05, 0) is 30.5 Å². The molecule has 2 amide bonds. The molecule has 0 spiro atoms. The molecule has 2 heterocycles. The van der Waals surface area contributed by atoms with Gasteiger partial charge in [0.2, 0.25) is 11.8 Å². The van der Waals surface area contributed by atoms with Crippen molar-refractivity contribution in [3.63, 3.8) is 0 Å². The maximum Gasteiger partial charge on any atom is 0.225 e. The van der Waals surface area contributed by atoms with Gasteiger partial charge in [-0.25, -0.2) is 0 Å². The van der Waals surface area contributed by atoms with Crippen molar-refractivity contribution in [2.45, 2.75) is 32.7 Å². The lowest BCUT2D eigenvalue weighted by atomic mass is 9.94.